The van der Waals surface area contributed by atoms with E-state index in [4.69, 9.17) is 14.2 Å². The molecule has 9 N–H and O–H groups in total. The van der Waals surface area contributed by atoms with E-state index in [1.807, 2.05) is 0 Å². The highest BCUT2D eigenvalue weighted by molar-refractivity contribution is 7.47. The standard InChI is InChI=1S/C21H39O21P3/c1-10(22)4-7-13(25)37-16-17(38-14(26)8-5-11(2)23)19(40-43(28,29)30)21(42-45(34,35)36)20(41-44(31,32)33)18(16)39-15(27)9-6-12(3)24/h10-12,16-24H,4-9H2,1-3H3,(H2,28,29,30)(H2,31,32,33)(H2,34,35,36)/t10?,11?,12?,16?,17-,18-,19-,20+,21?/m1/s1. The van der Waals surface area contributed by atoms with Gasteiger partial charge in [0.15, 0.2) is 18.3 Å². The summed E-state index contributed by atoms with van der Waals surface area (Å²) in [6.07, 6.45) is -21.0. The van der Waals surface area contributed by atoms with Gasteiger partial charge in [0, 0.05) is 19.3 Å². The predicted octanol–water partition coefficient (Wildman–Crippen LogP) is -1.35. The third kappa shape index (κ3) is 16.8. The first kappa shape index (κ1) is 41.6. The van der Waals surface area contributed by atoms with Gasteiger partial charge in [0.2, 0.25) is 0 Å². The lowest BCUT2D eigenvalue weighted by Gasteiger charge is -2.47. The first-order chi connectivity index (χ1) is 20.4. The number of hydrogen-bond acceptors (Lipinski definition) is 15. The summed E-state index contributed by atoms with van der Waals surface area (Å²) in [5.41, 5.74) is 0. The van der Waals surface area contributed by atoms with Gasteiger partial charge in [0.25, 0.3) is 0 Å². The first-order valence-electron chi connectivity index (χ1n) is 13.2. The molecule has 24 heteroatoms. The molecule has 0 spiro atoms. The summed E-state index contributed by atoms with van der Waals surface area (Å²) in [5, 5.41) is 28.6. The number of phosphoric ester groups is 3. The minimum Gasteiger partial charge on any atom is -0.455 e. The molecule has 0 heterocycles. The van der Waals surface area contributed by atoms with E-state index < -0.39 is 116 Å². The Hall–Kier alpha value is -1.38. The van der Waals surface area contributed by atoms with Gasteiger partial charge in [-0.15, -0.1) is 0 Å². The molecular formula is C21H39O21P3. The number of phosphoric acid groups is 3. The molecule has 21 nitrogen and oxygen atoms in total. The highest BCUT2D eigenvalue weighted by Gasteiger charge is 2.62. The summed E-state index contributed by atoms with van der Waals surface area (Å²) < 4.78 is 65.3. The van der Waals surface area contributed by atoms with Gasteiger partial charge < -0.3 is 58.9 Å². The van der Waals surface area contributed by atoms with Crippen molar-refractivity contribution in [1.29, 1.82) is 0 Å². The van der Waals surface area contributed by atoms with Crippen LogP contribution < -0.4 is 0 Å². The Kier molecular flexibility index (Phi) is 16.4. The lowest BCUT2D eigenvalue weighted by Crippen LogP contribution is -2.67. The molecule has 0 aliphatic heterocycles. The molecule has 0 radical (unpaired) electrons. The number of esters is 3. The Morgan fingerprint density at radius 2 is 0.689 bits per heavy atom. The van der Waals surface area contributed by atoms with Crippen LogP contribution in [0.1, 0.15) is 59.3 Å². The monoisotopic (exact) mass is 720 g/mol. The molecule has 45 heavy (non-hydrogen) atoms. The average molecular weight is 720 g/mol. The molecule has 1 aliphatic rings. The summed E-state index contributed by atoms with van der Waals surface area (Å²) in [5.74, 6) is -3.82. The van der Waals surface area contributed by atoms with E-state index in [1.54, 1.807) is 0 Å². The maximum Gasteiger partial charge on any atom is 0.470 e. The second-order valence-corrected chi connectivity index (χ2v) is 13.8. The minimum absolute atomic E-state index is 0.238. The fourth-order valence-corrected chi connectivity index (χ4v) is 5.64. The second kappa shape index (κ2) is 17.7. The summed E-state index contributed by atoms with van der Waals surface area (Å²) in [4.78, 5) is 95.8. The Labute approximate surface area is 256 Å². The maximum atomic E-state index is 12.8. The van der Waals surface area contributed by atoms with E-state index >= 15 is 0 Å². The van der Waals surface area contributed by atoms with Crippen molar-refractivity contribution >= 4 is 41.4 Å². The average Bonchev–Trinajstić information content (AvgIpc) is 2.84. The van der Waals surface area contributed by atoms with Crippen LogP contribution in [0.5, 0.6) is 0 Å². The molecule has 0 aromatic rings. The number of carbonyl (C=O) groups excluding carboxylic acids is 3. The molecule has 0 aromatic heterocycles. The Bertz CT molecular complexity index is 1060. The summed E-state index contributed by atoms with van der Waals surface area (Å²) in [7, 11) is -17.4. The second-order valence-electron chi connectivity index (χ2n) is 10.2. The van der Waals surface area contributed by atoms with Crippen LogP contribution in [0.4, 0.5) is 0 Å². The number of carbonyl (C=O) groups is 3. The van der Waals surface area contributed by atoms with Gasteiger partial charge in [-0.05, 0) is 40.0 Å². The van der Waals surface area contributed by atoms with Crippen LogP contribution in [0.25, 0.3) is 0 Å². The van der Waals surface area contributed by atoms with Gasteiger partial charge in [0.1, 0.15) is 18.3 Å². The molecule has 0 aromatic carbocycles. The van der Waals surface area contributed by atoms with Crippen LogP contribution in [-0.4, -0.2) is 118 Å². The smallest absolute Gasteiger partial charge is 0.455 e. The number of aliphatic hydroxyl groups excluding tert-OH is 3. The van der Waals surface area contributed by atoms with Crippen LogP contribution in [-0.2, 0) is 55.9 Å². The summed E-state index contributed by atoms with van der Waals surface area (Å²) in [6.45, 7) is 3.87. The number of hydrogen-bond donors (Lipinski definition) is 9. The fourth-order valence-electron chi connectivity index (χ4n) is 3.97. The topological polar surface area (TPSA) is 340 Å². The molecule has 1 fully saturated rings. The van der Waals surface area contributed by atoms with Gasteiger partial charge in [-0.25, -0.2) is 13.7 Å². The zero-order chi connectivity index (χ0) is 34.9. The van der Waals surface area contributed by atoms with Gasteiger partial charge >= 0.3 is 41.4 Å². The van der Waals surface area contributed by atoms with Crippen molar-refractivity contribution in [2.24, 2.45) is 0 Å². The molecule has 0 saturated heterocycles. The van der Waals surface area contributed by atoms with Crippen LogP contribution in [0, 0.1) is 0 Å². The fraction of sp³-hybridized carbons (Fsp3) is 0.857. The summed E-state index contributed by atoms with van der Waals surface area (Å²) >= 11 is 0. The van der Waals surface area contributed by atoms with Gasteiger partial charge in [0.05, 0.1) is 18.3 Å². The van der Waals surface area contributed by atoms with Crippen LogP contribution in [0.2, 0.25) is 0 Å². The molecule has 9 atom stereocenters. The molecule has 5 unspecified atom stereocenters. The molecule has 1 aliphatic carbocycles. The zero-order valence-corrected chi connectivity index (χ0v) is 26.9. The molecule has 264 valence electrons. The quantitative estimate of drug-likeness (QED) is 0.0449. The van der Waals surface area contributed by atoms with E-state index in [0.29, 0.717) is 0 Å². The zero-order valence-electron chi connectivity index (χ0n) is 24.2. The lowest BCUT2D eigenvalue weighted by molar-refractivity contribution is -0.241. The van der Waals surface area contributed by atoms with E-state index in [1.165, 1.54) is 20.8 Å². The number of ether oxygens (including phenoxy) is 3. The third-order valence-corrected chi connectivity index (χ3v) is 7.38. The van der Waals surface area contributed by atoms with E-state index in [9.17, 15) is 72.8 Å². The van der Waals surface area contributed by atoms with Crippen molar-refractivity contribution in [3.05, 3.63) is 0 Å². The normalized spacial score (nSPS) is 26.4. The lowest BCUT2D eigenvalue weighted by atomic mass is 9.84. The molecule has 1 rings (SSSR count). The van der Waals surface area contributed by atoms with E-state index in [2.05, 4.69) is 13.6 Å². The number of aliphatic hydroxyl groups is 3. The van der Waals surface area contributed by atoms with E-state index in [0.717, 1.165) is 0 Å². The van der Waals surface area contributed by atoms with Crippen molar-refractivity contribution in [2.75, 3.05) is 0 Å². The number of rotatable bonds is 18. The van der Waals surface area contributed by atoms with Gasteiger partial charge in [-0.1, -0.05) is 0 Å². The first-order valence-corrected chi connectivity index (χ1v) is 17.8. The Morgan fingerprint density at radius 1 is 0.489 bits per heavy atom. The molecule has 0 amide bonds. The third-order valence-electron chi connectivity index (χ3n) is 5.82. The van der Waals surface area contributed by atoms with Gasteiger partial charge in [-0.3, -0.25) is 28.0 Å². The van der Waals surface area contributed by atoms with Crippen molar-refractivity contribution in [3.8, 4) is 0 Å². The van der Waals surface area contributed by atoms with Crippen molar-refractivity contribution in [1.82, 2.24) is 0 Å². The SMILES string of the molecule is CC(O)CCC(=O)OC1[C@@H](OC(=O)CCC(C)O)[C@H](OP(=O)(O)O)C(OP(=O)(O)O)[C@H](OP(=O)(O)O)[C@@H]1OC(=O)CCC(C)O. The van der Waals surface area contributed by atoms with E-state index in [-0.39, 0.29) is 19.3 Å². The van der Waals surface area contributed by atoms with Crippen molar-refractivity contribution in [2.45, 2.75) is 114 Å². The van der Waals surface area contributed by atoms with Crippen LogP contribution >= 0.6 is 23.5 Å². The Morgan fingerprint density at radius 3 is 0.889 bits per heavy atom. The predicted molar refractivity (Wildman–Crippen MR) is 143 cm³/mol. The molecular weight excluding hydrogens is 681 g/mol. The largest absolute Gasteiger partial charge is 0.470 e. The highest BCUT2D eigenvalue weighted by atomic mass is 31.2. The maximum absolute atomic E-state index is 12.8. The molecule has 1 saturated carbocycles. The minimum atomic E-state index is -5.83. The summed E-state index contributed by atoms with van der Waals surface area (Å²) in [6, 6.07) is 0. The van der Waals surface area contributed by atoms with Crippen LogP contribution in [0.3, 0.4) is 0 Å². The van der Waals surface area contributed by atoms with Crippen molar-refractivity contribution in [3.63, 3.8) is 0 Å². The van der Waals surface area contributed by atoms with Crippen LogP contribution in [0.15, 0.2) is 0 Å². The highest BCUT2D eigenvalue weighted by Crippen LogP contribution is 2.51. The Balaban J connectivity index is 3.95. The van der Waals surface area contributed by atoms with Gasteiger partial charge in [-0.2, -0.15) is 0 Å². The van der Waals surface area contributed by atoms with Crippen molar-refractivity contribution < 1.29 is 101 Å². The molecule has 0 bridgehead atoms.